The lowest BCUT2D eigenvalue weighted by Gasteiger charge is -2.48. The van der Waals surface area contributed by atoms with Crippen molar-refractivity contribution in [2.45, 2.75) is 82.7 Å². The van der Waals surface area contributed by atoms with E-state index in [0.717, 1.165) is 31.1 Å². The third kappa shape index (κ3) is 6.57. The Labute approximate surface area is 276 Å². The van der Waals surface area contributed by atoms with Gasteiger partial charge in [0.1, 0.15) is 29.7 Å². The molecule has 0 spiro atoms. The lowest BCUT2D eigenvalue weighted by molar-refractivity contribution is -0.262. The van der Waals surface area contributed by atoms with Crippen LogP contribution in [0.1, 0.15) is 46.5 Å². The summed E-state index contributed by atoms with van der Waals surface area (Å²) in [7, 11) is -3.03. The zero-order chi connectivity index (χ0) is 34.2. The molecule has 4 aromatic rings. The van der Waals surface area contributed by atoms with Gasteiger partial charge < -0.3 is 29.6 Å². The number of nitrogens with one attached hydrogen (secondary N) is 1. The van der Waals surface area contributed by atoms with Gasteiger partial charge >= 0.3 is 13.7 Å². The summed E-state index contributed by atoms with van der Waals surface area (Å²) < 4.78 is 60.9. The number of methoxy groups -OCH3 is 1. The molecule has 16 heteroatoms. The molecule has 1 aliphatic heterocycles. The van der Waals surface area contributed by atoms with Gasteiger partial charge in [-0.05, 0) is 51.0 Å². The smallest absolute Gasteiger partial charge is 0.459 e. The number of rotatable bonds is 11. The first kappa shape index (κ1) is 34.0. The third-order valence-corrected chi connectivity index (χ3v) is 10.8. The summed E-state index contributed by atoms with van der Waals surface area (Å²) in [6, 6.07) is 11.4. The maximum Gasteiger partial charge on any atom is 0.459 e. The fourth-order valence-electron chi connectivity index (χ4n) is 6.28. The fourth-order valence-corrected chi connectivity index (χ4v) is 7.80. The number of alkyl halides is 1. The van der Waals surface area contributed by atoms with Crippen LogP contribution in [0, 0.1) is 5.92 Å². The standard InChI is InChI=1S/C32H40FN6O8P/c1-18-27(40)25(33)24(46-32(18,3)39-17-35-26-28(39)36-31(34)37-29(26)43-4)16-44-48(42,38-19(2)30(41)45-21-12-6-7-13-21)47-23-15-9-11-20-10-5-8-14-22(20)23/h5,8-11,14-15,17-19,21,24-25,27,40H,6-7,12-13,16H2,1-4H3,(H,38,42)(H2,34,36,37)/t18?,19-,24+,25+,27-,32?,48?/m0/s1. The van der Waals surface area contributed by atoms with Crippen LogP contribution in [0.2, 0.25) is 0 Å². The van der Waals surface area contributed by atoms with Gasteiger partial charge in [0.05, 0.1) is 26.1 Å². The Morgan fingerprint density at radius 3 is 2.71 bits per heavy atom. The van der Waals surface area contributed by atoms with Gasteiger partial charge in [-0.15, -0.1) is 0 Å². The van der Waals surface area contributed by atoms with E-state index in [2.05, 4.69) is 20.0 Å². The highest BCUT2D eigenvalue weighted by molar-refractivity contribution is 7.52. The highest BCUT2D eigenvalue weighted by Crippen LogP contribution is 2.49. The fraction of sp³-hybridized carbons (Fsp3) is 0.500. The quantitative estimate of drug-likeness (QED) is 0.147. The van der Waals surface area contributed by atoms with Gasteiger partial charge in [0.25, 0.3) is 0 Å². The number of benzene rings is 2. The molecule has 0 bridgehead atoms. The number of aliphatic hydroxyl groups excluding tert-OH is 1. The average Bonchev–Trinajstić information content (AvgIpc) is 3.75. The number of fused-ring (bicyclic) bond motifs is 2. The molecule has 48 heavy (non-hydrogen) atoms. The Balaban J connectivity index is 1.28. The van der Waals surface area contributed by atoms with Crippen LogP contribution in [0.3, 0.4) is 0 Å². The second-order valence-electron chi connectivity index (χ2n) is 12.4. The Bertz CT molecular complexity index is 1830. The highest BCUT2D eigenvalue weighted by Gasteiger charge is 2.52. The summed E-state index contributed by atoms with van der Waals surface area (Å²) in [6.45, 7) is 4.11. The molecule has 4 N–H and O–H groups in total. The minimum atomic E-state index is -4.44. The summed E-state index contributed by atoms with van der Waals surface area (Å²) in [5.41, 5.74) is 4.99. The Morgan fingerprint density at radius 2 is 1.96 bits per heavy atom. The number of nitrogens with zero attached hydrogens (tertiary/aromatic N) is 4. The largest absolute Gasteiger partial charge is 0.479 e. The van der Waals surface area contributed by atoms with Gasteiger partial charge in [-0.25, -0.2) is 13.9 Å². The summed E-state index contributed by atoms with van der Waals surface area (Å²) in [6.07, 6.45) is -0.311. The predicted molar refractivity (Wildman–Crippen MR) is 174 cm³/mol. The minimum Gasteiger partial charge on any atom is -0.479 e. The number of hydrogen-bond donors (Lipinski definition) is 3. The molecule has 2 fully saturated rings. The number of halogens is 1. The van der Waals surface area contributed by atoms with Crippen molar-refractivity contribution >= 4 is 41.6 Å². The number of imidazole rings is 1. The van der Waals surface area contributed by atoms with E-state index < -0.39 is 56.4 Å². The van der Waals surface area contributed by atoms with E-state index >= 15 is 4.39 Å². The Hall–Kier alpha value is -3.88. The molecule has 7 atom stereocenters. The van der Waals surface area contributed by atoms with Crippen molar-refractivity contribution in [3.8, 4) is 11.6 Å². The van der Waals surface area contributed by atoms with Crippen molar-refractivity contribution in [2.24, 2.45) is 5.92 Å². The second-order valence-corrected chi connectivity index (χ2v) is 14.1. The zero-order valence-electron chi connectivity index (χ0n) is 27.1. The molecule has 0 radical (unpaired) electrons. The number of carbonyl (C=O) groups excluding carboxylic acids is 1. The van der Waals surface area contributed by atoms with Crippen molar-refractivity contribution in [3.05, 3.63) is 48.8 Å². The summed E-state index contributed by atoms with van der Waals surface area (Å²) in [5, 5.41) is 15.3. The van der Waals surface area contributed by atoms with E-state index in [1.807, 2.05) is 18.2 Å². The van der Waals surface area contributed by atoms with E-state index in [0.29, 0.717) is 5.39 Å². The Morgan fingerprint density at radius 1 is 1.23 bits per heavy atom. The minimum absolute atomic E-state index is 0.0878. The zero-order valence-corrected chi connectivity index (χ0v) is 28.0. The number of aliphatic hydroxyl groups is 1. The van der Waals surface area contributed by atoms with Crippen molar-refractivity contribution < 1.29 is 42.1 Å². The molecule has 1 saturated heterocycles. The number of hydrogen-bond acceptors (Lipinski definition) is 12. The third-order valence-electron chi connectivity index (χ3n) is 9.15. The van der Waals surface area contributed by atoms with Gasteiger partial charge in [-0.1, -0.05) is 43.3 Å². The van der Waals surface area contributed by atoms with Crippen LogP contribution in [0.5, 0.6) is 11.6 Å². The normalized spacial score (nSPS) is 26.7. The molecule has 3 unspecified atom stereocenters. The molecular weight excluding hydrogens is 646 g/mol. The second kappa shape index (κ2) is 13.6. The van der Waals surface area contributed by atoms with Gasteiger partial charge in [-0.3, -0.25) is 13.9 Å². The molecule has 1 aliphatic carbocycles. The summed E-state index contributed by atoms with van der Waals surface area (Å²) in [4.78, 5) is 25.7. The van der Waals surface area contributed by atoms with Crippen LogP contribution < -0.4 is 20.1 Å². The van der Waals surface area contributed by atoms with Crippen molar-refractivity contribution in [3.63, 3.8) is 0 Å². The van der Waals surface area contributed by atoms with Crippen LogP contribution in [-0.2, 0) is 29.1 Å². The van der Waals surface area contributed by atoms with Crippen LogP contribution in [-0.4, -0.2) is 74.8 Å². The van der Waals surface area contributed by atoms with E-state index in [9.17, 15) is 14.5 Å². The van der Waals surface area contributed by atoms with Crippen molar-refractivity contribution in [1.82, 2.24) is 24.6 Å². The molecule has 1 saturated carbocycles. The van der Waals surface area contributed by atoms with E-state index in [-0.39, 0.29) is 34.8 Å². The number of nitrogens with two attached hydrogens (primary N) is 1. The number of esters is 1. The lowest BCUT2D eigenvalue weighted by atomic mass is 9.85. The van der Waals surface area contributed by atoms with Crippen molar-refractivity contribution in [2.75, 3.05) is 19.5 Å². The molecule has 258 valence electrons. The molecule has 6 rings (SSSR count). The first-order valence-corrected chi connectivity index (χ1v) is 17.4. The van der Waals surface area contributed by atoms with Crippen LogP contribution >= 0.6 is 7.75 Å². The van der Waals surface area contributed by atoms with Crippen molar-refractivity contribution in [1.29, 1.82) is 0 Å². The van der Waals surface area contributed by atoms with Gasteiger partial charge in [0.15, 0.2) is 17.3 Å². The molecule has 2 aliphatic rings. The monoisotopic (exact) mass is 686 g/mol. The van der Waals surface area contributed by atoms with Crippen LogP contribution in [0.25, 0.3) is 21.9 Å². The maximum absolute atomic E-state index is 15.8. The topological polar surface area (TPSA) is 182 Å². The number of aromatic nitrogens is 4. The number of ether oxygens (including phenoxy) is 3. The lowest BCUT2D eigenvalue weighted by Crippen LogP contribution is -2.59. The molecule has 3 heterocycles. The predicted octanol–water partition coefficient (Wildman–Crippen LogP) is 4.64. The number of nitrogen functional groups attached to an aromatic ring is 1. The van der Waals surface area contributed by atoms with Crippen LogP contribution in [0.15, 0.2) is 48.8 Å². The number of anilines is 1. The number of carbonyl (C=O) groups is 1. The van der Waals surface area contributed by atoms with Gasteiger partial charge in [-0.2, -0.15) is 15.1 Å². The summed E-state index contributed by atoms with van der Waals surface area (Å²) in [5.74, 6) is -1.19. The average molecular weight is 687 g/mol. The summed E-state index contributed by atoms with van der Waals surface area (Å²) >= 11 is 0. The van der Waals surface area contributed by atoms with E-state index in [1.165, 1.54) is 24.9 Å². The SMILES string of the molecule is COc1nc(N)nc2c1ncn2C1(C)O[C@H](COP(=O)(N[C@@H](C)C(=O)OC2CCCC2)Oc2cccc3ccccc23)[C@@H](F)[C@@H](O)C1C. The molecule has 2 aromatic carbocycles. The van der Waals surface area contributed by atoms with E-state index in [4.69, 9.17) is 29.0 Å². The first-order chi connectivity index (χ1) is 22.9. The van der Waals surface area contributed by atoms with E-state index in [1.54, 1.807) is 38.1 Å². The highest BCUT2D eigenvalue weighted by atomic mass is 31.2. The van der Waals surface area contributed by atoms with Gasteiger partial charge in [0.2, 0.25) is 11.8 Å². The van der Waals surface area contributed by atoms with Gasteiger partial charge in [0, 0.05) is 11.3 Å². The first-order valence-electron chi connectivity index (χ1n) is 15.9. The Kier molecular flexibility index (Phi) is 9.60. The molecule has 0 amide bonds. The molecule has 2 aromatic heterocycles. The molecule has 14 nitrogen and oxygen atoms in total. The maximum atomic E-state index is 15.8. The van der Waals surface area contributed by atoms with Crippen LogP contribution in [0.4, 0.5) is 10.3 Å². The molecular formula is C32H40FN6O8P.